The van der Waals surface area contributed by atoms with Crippen LogP contribution in [0.4, 0.5) is 0 Å². The average Bonchev–Trinajstić information content (AvgIpc) is 2.96. The fourth-order valence-corrected chi connectivity index (χ4v) is 4.74. The quantitative estimate of drug-likeness (QED) is 0.735. The summed E-state index contributed by atoms with van der Waals surface area (Å²) in [4.78, 5) is 23.2. The summed E-state index contributed by atoms with van der Waals surface area (Å²) in [6.45, 7) is 7.18. The molecule has 3 aliphatic carbocycles. The van der Waals surface area contributed by atoms with Crippen LogP contribution < -0.4 is 0 Å². The van der Waals surface area contributed by atoms with Crippen LogP contribution in [0.2, 0.25) is 0 Å². The Morgan fingerprint density at radius 2 is 1.57 bits per heavy atom. The number of esters is 2. The van der Waals surface area contributed by atoms with Crippen LogP contribution in [0.3, 0.4) is 0 Å². The molecule has 0 aromatic heterocycles. The number of carbonyl (C=O) groups is 2. The van der Waals surface area contributed by atoms with Crippen molar-refractivity contribution in [3.63, 3.8) is 0 Å². The molecule has 0 heterocycles. The molecule has 3 fully saturated rings. The first-order valence-corrected chi connectivity index (χ1v) is 8.14. The van der Waals surface area contributed by atoms with Crippen LogP contribution in [0.15, 0.2) is 0 Å². The molecule has 0 saturated heterocycles. The second kappa shape index (κ2) is 4.99. The van der Waals surface area contributed by atoms with E-state index in [2.05, 4.69) is 0 Å². The van der Waals surface area contributed by atoms with Gasteiger partial charge in [0, 0.05) is 6.92 Å². The minimum Gasteiger partial charge on any atom is -0.463 e. The highest BCUT2D eigenvalue weighted by Crippen LogP contribution is 2.60. The SMILES string of the molecule is CC(=O)OC1CC2C3CC(OC(=O)C(C)(C)C)C(C3)C2C1. The third-order valence-electron chi connectivity index (χ3n) is 5.57. The number of hydrogen-bond acceptors (Lipinski definition) is 4. The van der Waals surface area contributed by atoms with Crippen molar-refractivity contribution < 1.29 is 19.1 Å². The van der Waals surface area contributed by atoms with E-state index in [0.717, 1.165) is 19.3 Å². The number of ether oxygens (including phenoxy) is 2. The van der Waals surface area contributed by atoms with Gasteiger partial charge in [-0.3, -0.25) is 9.59 Å². The second-order valence-corrected chi connectivity index (χ2v) is 8.12. The fraction of sp³-hybridized carbons (Fsp3) is 0.882. The van der Waals surface area contributed by atoms with Crippen LogP contribution in [0.25, 0.3) is 0 Å². The zero-order valence-corrected chi connectivity index (χ0v) is 13.4. The summed E-state index contributed by atoms with van der Waals surface area (Å²) in [5, 5.41) is 0. The first kappa shape index (κ1) is 14.9. The smallest absolute Gasteiger partial charge is 0.311 e. The van der Waals surface area contributed by atoms with Crippen molar-refractivity contribution in [1.82, 2.24) is 0 Å². The lowest BCUT2D eigenvalue weighted by atomic mass is 9.80. The molecule has 6 unspecified atom stereocenters. The number of fused-ring (bicyclic) bond motifs is 5. The predicted octanol–water partition coefficient (Wildman–Crippen LogP) is 2.94. The zero-order chi connectivity index (χ0) is 15.4. The molecule has 3 rings (SSSR count). The lowest BCUT2D eigenvalue weighted by molar-refractivity contribution is -0.162. The van der Waals surface area contributed by atoms with Crippen LogP contribution in [-0.2, 0) is 19.1 Å². The van der Waals surface area contributed by atoms with E-state index in [1.165, 1.54) is 13.3 Å². The van der Waals surface area contributed by atoms with Gasteiger partial charge in [-0.25, -0.2) is 0 Å². The third-order valence-corrected chi connectivity index (χ3v) is 5.57. The first-order valence-electron chi connectivity index (χ1n) is 8.14. The Morgan fingerprint density at radius 3 is 2.19 bits per heavy atom. The largest absolute Gasteiger partial charge is 0.463 e. The molecule has 2 bridgehead atoms. The van der Waals surface area contributed by atoms with Gasteiger partial charge in [0.05, 0.1) is 5.41 Å². The number of rotatable bonds is 2. The maximum Gasteiger partial charge on any atom is 0.311 e. The summed E-state index contributed by atoms with van der Waals surface area (Å²) in [6.07, 6.45) is 4.31. The molecule has 0 N–H and O–H groups in total. The topological polar surface area (TPSA) is 52.6 Å². The highest BCUT2D eigenvalue weighted by atomic mass is 16.5. The Balaban J connectivity index is 1.62. The van der Waals surface area contributed by atoms with E-state index in [4.69, 9.17) is 9.47 Å². The molecule has 0 amide bonds. The number of hydrogen-bond donors (Lipinski definition) is 0. The number of carbonyl (C=O) groups excluding carboxylic acids is 2. The molecule has 0 spiro atoms. The summed E-state index contributed by atoms with van der Waals surface area (Å²) >= 11 is 0. The van der Waals surface area contributed by atoms with Crippen molar-refractivity contribution in [2.75, 3.05) is 0 Å². The summed E-state index contributed by atoms with van der Waals surface area (Å²) in [5.74, 6) is 2.11. The van der Waals surface area contributed by atoms with Crippen molar-refractivity contribution in [3.05, 3.63) is 0 Å². The van der Waals surface area contributed by atoms with Crippen LogP contribution in [0.1, 0.15) is 53.4 Å². The van der Waals surface area contributed by atoms with Crippen LogP contribution >= 0.6 is 0 Å². The van der Waals surface area contributed by atoms with Gasteiger partial charge in [0.2, 0.25) is 0 Å². The molecule has 21 heavy (non-hydrogen) atoms. The monoisotopic (exact) mass is 294 g/mol. The van der Waals surface area contributed by atoms with Crippen LogP contribution in [0, 0.1) is 29.1 Å². The lowest BCUT2D eigenvalue weighted by Gasteiger charge is -2.32. The van der Waals surface area contributed by atoms with Crippen molar-refractivity contribution in [2.45, 2.75) is 65.6 Å². The maximum absolute atomic E-state index is 12.1. The van der Waals surface area contributed by atoms with Crippen molar-refractivity contribution in [1.29, 1.82) is 0 Å². The Labute approximate surface area is 126 Å². The van der Waals surface area contributed by atoms with E-state index in [9.17, 15) is 9.59 Å². The second-order valence-electron chi connectivity index (χ2n) is 8.12. The van der Waals surface area contributed by atoms with Crippen LogP contribution in [0.5, 0.6) is 0 Å². The van der Waals surface area contributed by atoms with Gasteiger partial charge in [0.1, 0.15) is 12.2 Å². The molecular formula is C17H26O4. The first-order chi connectivity index (χ1) is 9.75. The molecule has 0 aliphatic heterocycles. The lowest BCUT2D eigenvalue weighted by Crippen LogP contribution is -2.35. The van der Waals surface area contributed by atoms with E-state index in [-0.39, 0.29) is 24.1 Å². The van der Waals surface area contributed by atoms with Crippen molar-refractivity contribution >= 4 is 11.9 Å². The predicted molar refractivity (Wildman–Crippen MR) is 77.3 cm³/mol. The van der Waals surface area contributed by atoms with Crippen LogP contribution in [-0.4, -0.2) is 24.1 Å². The molecule has 6 atom stereocenters. The summed E-state index contributed by atoms with van der Waals surface area (Å²) in [7, 11) is 0. The van der Waals surface area contributed by atoms with E-state index in [1.54, 1.807) is 0 Å². The molecule has 3 saturated carbocycles. The molecule has 3 aliphatic rings. The van der Waals surface area contributed by atoms with E-state index in [1.807, 2.05) is 20.8 Å². The highest BCUT2D eigenvalue weighted by molar-refractivity contribution is 5.75. The van der Waals surface area contributed by atoms with Gasteiger partial charge in [0.25, 0.3) is 0 Å². The van der Waals surface area contributed by atoms with Gasteiger partial charge in [0.15, 0.2) is 0 Å². The fourth-order valence-electron chi connectivity index (χ4n) is 4.74. The summed E-state index contributed by atoms with van der Waals surface area (Å²) in [6, 6.07) is 0. The standard InChI is InChI=1S/C17H26O4/c1-9(18)20-11-7-12-10-5-14(13(12)8-11)15(6-10)21-16(19)17(2,3)4/h10-15H,5-8H2,1-4H3. The van der Waals surface area contributed by atoms with E-state index >= 15 is 0 Å². The Kier molecular flexibility index (Phi) is 3.53. The molecule has 0 aromatic carbocycles. The average molecular weight is 294 g/mol. The zero-order valence-electron chi connectivity index (χ0n) is 13.4. The minimum absolute atomic E-state index is 0.0825. The van der Waals surface area contributed by atoms with Gasteiger partial charge in [-0.2, -0.15) is 0 Å². The third kappa shape index (κ3) is 2.69. The highest BCUT2D eigenvalue weighted by Gasteiger charge is 2.58. The molecule has 0 radical (unpaired) electrons. The van der Waals surface area contributed by atoms with Gasteiger partial charge in [-0.05, 0) is 70.1 Å². The normalized spacial score (nSPS) is 41.0. The molecular weight excluding hydrogens is 268 g/mol. The van der Waals surface area contributed by atoms with E-state index < -0.39 is 5.41 Å². The van der Waals surface area contributed by atoms with Gasteiger partial charge >= 0.3 is 11.9 Å². The molecule has 0 aromatic rings. The van der Waals surface area contributed by atoms with Crippen molar-refractivity contribution in [3.8, 4) is 0 Å². The van der Waals surface area contributed by atoms with Gasteiger partial charge in [-0.15, -0.1) is 0 Å². The molecule has 4 heteroatoms. The van der Waals surface area contributed by atoms with Gasteiger partial charge in [-0.1, -0.05) is 0 Å². The Hall–Kier alpha value is -1.06. The molecule has 4 nitrogen and oxygen atoms in total. The summed E-state index contributed by atoms with van der Waals surface area (Å²) < 4.78 is 11.2. The Bertz CT molecular complexity index is 450. The van der Waals surface area contributed by atoms with E-state index in [0.29, 0.717) is 23.7 Å². The maximum atomic E-state index is 12.1. The summed E-state index contributed by atoms with van der Waals surface area (Å²) in [5.41, 5.74) is -0.433. The minimum atomic E-state index is -0.433. The Morgan fingerprint density at radius 1 is 0.905 bits per heavy atom. The van der Waals surface area contributed by atoms with Crippen molar-refractivity contribution in [2.24, 2.45) is 29.1 Å². The molecule has 118 valence electrons. The van der Waals surface area contributed by atoms with Gasteiger partial charge < -0.3 is 9.47 Å².